The third-order valence-corrected chi connectivity index (χ3v) is 6.29. The number of carbonyl (C=O) groups is 3. The van der Waals surface area contributed by atoms with Crippen molar-refractivity contribution in [3.05, 3.63) is 57.9 Å². The average molecular weight is 410 g/mol. The van der Waals surface area contributed by atoms with Gasteiger partial charge in [-0.2, -0.15) is 0 Å². The highest BCUT2D eigenvalue weighted by Crippen LogP contribution is 2.48. The Morgan fingerprint density at radius 3 is 2.53 bits per heavy atom. The van der Waals surface area contributed by atoms with E-state index in [1.807, 2.05) is 29.2 Å². The van der Waals surface area contributed by atoms with Gasteiger partial charge in [-0.05, 0) is 37.3 Å². The molecule has 7 heteroatoms. The third kappa shape index (κ3) is 3.23. The maximum absolute atomic E-state index is 13.1. The van der Waals surface area contributed by atoms with Crippen LogP contribution in [0.2, 0.25) is 0 Å². The molecule has 1 fully saturated rings. The highest BCUT2D eigenvalue weighted by molar-refractivity contribution is 6.25. The molecule has 0 spiro atoms. The number of ether oxygens (including phenoxy) is 2. The highest BCUT2D eigenvalue weighted by atomic mass is 16.5. The first kappa shape index (κ1) is 20.3. The summed E-state index contributed by atoms with van der Waals surface area (Å²) in [6, 6.07) is 7.77. The third-order valence-electron chi connectivity index (χ3n) is 6.29. The molecule has 0 saturated carbocycles. The summed E-state index contributed by atoms with van der Waals surface area (Å²) in [5, 5.41) is 2.51. The number of benzene rings is 1. The molecule has 7 nitrogen and oxygen atoms in total. The van der Waals surface area contributed by atoms with E-state index in [-0.39, 0.29) is 29.4 Å². The summed E-state index contributed by atoms with van der Waals surface area (Å²) in [5.74, 6) is -0.576. The minimum Gasteiger partial charge on any atom is -0.444 e. The van der Waals surface area contributed by atoms with Crippen LogP contribution in [0.5, 0.6) is 0 Å². The maximum atomic E-state index is 13.1. The molecule has 30 heavy (non-hydrogen) atoms. The Bertz CT molecular complexity index is 976. The summed E-state index contributed by atoms with van der Waals surface area (Å²) in [7, 11) is 1.61. The van der Waals surface area contributed by atoms with Gasteiger partial charge in [-0.25, -0.2) is 4.79 Å². The number of rotatable bonds is 5. The number of hydrogen-bond acceptors (Lipinski definition) is 6. The summed E-state index contributed by atoms with van der Waals surface area (Å²) in [4.78, 5) is 40.4. The van der Waals surface area contributed by atoms with Crippen molar-refractivity contribution in [3.8, 4) is 0 Å². The fourth-order valence-electron chi connectivity index (χ4n) is 4.53. The van der Waals surface area contributed by atoms with Crippen LogP contribution in [-0.4, -0.2) is 41.9 Å². The molecule has 158 valence electrons. The number of allylic oxidation sites excluding steroid dienone is 2. The van der Waals surface area contributed by atoms with E-state index in [4.69, 9.17) is 9.47 Å². The molecule has 0 radical (unpaired) electrons. The van der Waals surface area contributed by atoms with Crippen LogP contribution in [0.25, 0.3) is 0 Å². The molecule has 2 aliphatic heterocycles. The van der Waals surface area contributed by atoms with Crippen molar-refractivity contribution in [1.82, 2.24) is 10.2 Å². The molecule has 1 atom stereocenters. The fraction of sp³-hybridized carbons (Fsp3) is 0.435. The van der Waals surface area contributed by atoms with Gasteiger partial charge in [0.1, 0.15) is 12.3 Å². The number of hydrogen-bond donors (Lipinski definition) is 1. The van der Waals surface area contributed by atoms with Gasteiger partial charge >= 0.3 is 6.09 Å². The van der Waals surface area contributed by atoms with Crippen LogP contribution in [0.15, 0.2) is 46.8 Å². The van der Waals surface area contributed by atoms with E-state index < -0.39 is 11.8 Å². The average Bonchev–Trinajstić information content (AvgIpc) is 3.31. The zero-order valence-electron chi connectivity index (χ0n) is 17.5. The molecule has 3 aliphatic rings. The molecule has 1 N–H and O–H groups in total. The Kier molecular flexibility index (Phi) is 5.24. The van der Waals surface area contributed by atoms with E-state index in [1.54, 1.807) is 14.0 Å². The van der Waals surface area contributed by atoms with Crippen molar-refractivity contribution >= 4 is 17.7 Å². The number of nitrogens with one attached hydrogen (secondary N) is 1. The van der Waals surface area contributed by atoms with Gasteiger partial charge in [0.2, 0.25) is 11.6 Å². The molecule has 1 saturated heterocycles. The SMILES string of the molecule is CCc1ccc(COC(=O)NC2=C(C)C(=O)C3=C(C[C@]4(OC)CCCN34)C2=O)cc1. The first-order chi connectivity index (χ1) is 14.4. The number of Topliss-reactive ketones (excluding diaryl/α,β-unsaturated/α-hetero) is 2. The van der Waals surface area contributed by atoms with Crippen molar-refractivity contribution in [3.63, 3.8) is 0 Å². The summed E-state index contributed by atoms with van der Waals surface area (Å²) in [6.45, 7) is 4.40. The second-order valence-electron chi connectivity index (χ2n) is 7.94. The predicted molar refractivity (Wildman–Crippen MR) is 109 cm³/mol. The largest absolute Gasteiger partial charge is 0.444 e. The van der Waals surface area contributed by atoms with Gasteiger partial charge in [0.15, 0.2) is 0 Å². The second-order valence-corrected chi connectivity index (χ2v) is 7.94. The Morgan fingerprint density at radius 1 is 1.17 bits per heavy atom. The van der Waals surface area contributed by atoms with Gasteiger partial charge in [-0.3, -0.25) is 14.9 Å². The van der Waals surface area contributed by atoms with E-state index in [0.29, 0.717) is 24.2 Å². The smallest absolute Gasteiger partial charge is 0.412 e. The summed E-state index contributed by atoms with van der Waals surface area (Å²) < 4.78 is 11.0. The highest BCUT2D eigenvalue weighted by Gasteiger charge is 2.54. The standard InChI is InChI=1S/C23H26N2O5/c1-4-15-6-8-16(9-7-15)13-30-22(28)24-18-14(2)20(26)19-17(21(18)27)12-23(29-3)10-5-11-25(19)23/h6-9H,4-5,10-13H2,1-3H3,(H,24,28)/t23-/m1/s1. The topological polar surface area (TPSA) is 84.9 Å². The lowest BCUT2D eigenvalue weighted by Crippen LogP contribution is -2.42. The van der Waals surface area contributed by atoms with Gasteiger partial charge in [-0.15, -0.1) is 0 Å². The number of alkyl carbamates (subject to hydrolysis) is 1. The molecule has 1 aliphatic carbocycles. The van der Waals surface area contributed by atoms with Crippen LogP contribution in [0.1, 0.15) is 44.2 Å². The molecular formula is C23H26N2O5. The van der Waals surface area contributed by atoms with Gasteiger partial charge in [0.25, 0.3) is 0 Å². The molecule has 0 bridgehead atoms. The zero-order valence-corrected chi connectivity index (χ0v) is 17.5. The Balaban J connectivity index is 1.46. The van der Waals surface area contributed by atoms with Crippen LogP contribution in [0.4, 0.5) is 4.79 Å². The molecule has 0 unspecified atom stereocenters. The van der Waals surface area contributed by atoms with E-state index in [2.05, 4.69) is 12.2 Å². The van der Waals surface area contributed by atoms with Crippen LogP contribution < -0.4 is 5.32 Å². The summed E-state index contributed by atoms with van der Waals surface area (Å²) in [6.07, 6.45) is 2.20. The Hall–Kier alpha value is -2.93. The molecule has 2 heterocycles. The Morgan fingerprint density at radius 2 is 1.87 bits per heavy atom. The van der Waals surface area contributed by atoms with Crippen molar-refractivity contribution in [2.45, 2.75) is 51.9 Å². The normalized spacial score (nSPS) is 23.1. The molecule has 0 aromatic heterocycles. The predicted octanol–water partition coefficient (Wildman–Crippen LogP) is 3.00. The number of ketones is 2. The van der Waals surface area contributed by atoms with Crippen LogP contribution in [0.3, 0.4) is 0 Å². The van der Waals surface area contributed by atoms with Crippen LogP contribution >= 0.6 is 0 Å². The quantitative estimate of drug-likeness (QED) is 0.752. The summed E-state index contributed by atoms with van der Waals surface area (Å²) in [5.41, 5.74) is 2.48. The fourth-order valence-corrected chi connectivity index (χ4v) is 4.53. The van der Waals surface area contributed by atoms with E-state index in [9.17, 15) is 14.4 Å². The van der Waals surface area contributed by atoms with Crippen LogP contribution in [-0.2, 0) is 32.1 Å². The molecular weight excluding hydrogens is 384 g/mol. The minimum absolute atomic E-state index is 0.00231. The number of amides is 1. The number of aryl methyl sites for hydroxylation is 1. The molecule has 4 rings (SSSR count). The molecule has 1 aromatic carbocycles. The minimum atomic E-state index is -0.755. The number of methoxy groups -OCH3 is 1. The van der Waals surface area contributed by atoms with Crippen LogP contribution in [0, 0.1) is 0 Å². The first-order valence-corrected chi connectivity index (χ1v) is 10.3. The van der Waals surface area contributed by atoms with Gasteiger partial charge in [0, 0.05) is 31.2 Å². The van der Waals surface area contributed by atoms with Crippen molar-refractivity contribution in [1.29, 1.82) is 0 Å². The first-order valence-electron chi connectivity index (χ1n) is 10.3. The van der Waals surface area contributed by atoms with E-state index in [1.165, 1.54) is 5.56 Å². The number of fused-ring (bicyclic) bond motifs is 2. The second kappa shape index (κ2) is 7.72. The Labute approximate surface area is 175 Å². The summed E-state index contributed by atoms with van der Waals surface area (Å²) >= 11 is 0. The zero-order chi connectivity index (χ0) is 21.5. The van der Waals surface area contributed by atoms with Gasteiger partial charge < -0.3 is 14.4 Å². The maximum Gasteiger partial charge on any atom is 0.412 e. The van der Waals surface area contributed by atoms with Crippen molar-refractivity contribution < 1.29 is 23.9 Å². The number of carbonyl (C=O) groups excluding carboxylic acids is 3. The van der Waals surface area contributed by atoms with Gasteiger partial charge in [-0.1, -0.05) is 31.2 Å². The lowest BCUT2D eigenvalue weighted by molar-refractivity contribution is -0.119. The monoisotopic (exact) mass is 410 g/mol. The van der Waals surface area contributed by atoms with Crippen molar-refractivity contribution in [2.24, 2.45) is 0 Å². The van der Waals surface area contributed by atoms with Crippen molar-refractivity contribution in [2.75, 3.05) is 13.7 Å². The number of nitrogens with zero attached hydrogens (tertiary/aromatic N) is 1. The lowest BCUT2D eigenvalue weighted by atomic mass is 9.90. The van der Waals surface area contributed by atoms with Gasteiger partial charge in [0.05, 0.1) is 11.4 Å². The molecule has 1 aromatic rings. The molecule has 1 amide bonds. The lowest BCUT2D eigenvalue weighted by Gasteiger charge is -2.33. The van der Waals surface area contributed by atoms with E-state index >= 15 is 0 Å². The van der Waals surface area contributed by atoms with E-state index in [0.717, 1.165) is 24.8 Å².